The van der Waals surface area contributed by atoms with E-state index in [1.165, 1.54) is 6.42 Å². The first-order valence-electron chi connectivity index (χ1n) is 5.77. The Hall–Kier alpha value is -1.16. The van der Waals surface area contributed by atoms with Crippen LogP contribution in [0.3, 0.4) is 0 Å². The third kappa shape index (κ3) is 2.70. The van der Waals surface area contributed by atoms with Gasteiger partial charge in [0.05, 0.1) is 12.1 Å². The lowest BCUT2D eigenvalue weighted by molar-refractivity contribution is -0.116. The molecule has 2 heterocycles. The normalized spacial score (nSPS) is 22.2. The van der Waals surface area contributed by atoms with Crippen molar-refractivity contribution in [1.29, 1.82) is 0 Å². The molecule has 0 spiro atoms. The lowest BCUT2D eigenvalue weighted by Crippen LogP contribution is -2.30. The van der Waals surface area contributed by atoms with Crippen molar-refractivity contribution in [2.24, 2.45) is 0 Å². The number of piperidine rings is 1. The summed E-state index contributed by atoms with van der Waals surface area (Å²) in [5.41, 5.74) is 0.760. The Morgan fingerprint density at radius 2 is 2.50 bits per heavy atom. The monoisotopic (exact) mass is 222 g/mol. The largest absolute Gasteiger partial charge is 0.448 e. The fraction of sp³-hybridized carbons (Fsp3) is 0.667. The van der Waals surface area contributed by atoms with E-state index in [4.69, 9.17) is 4.42 Å². The Bertz CT molecular complexity index is 373. The van der Waals surface area contributed by atoms with Crippen LogP contribution in [0, 0.1) is 0 Å². The van der Waals surface area contributed by atoms with E-state index in [1.807, 2.05) is 0 Å². The first kappa shape index (κ1) is 11.3. The summed E-state index contributed by atoms with van der Waals surface area (Å²) in [5.74, 6) is 1.31. The first-order chi connectivity index (χ1) is 7.65. The zero-order chi connectivity index (χ0) is 11.5. The molecule has 0 radical (unpaired) electrons. The molecular weight excluding hydrogens is 204 g/mol. The highest BCUT2D eigenvalue weighted by atomic mass is 16.3. The number of hydrogen-bond donors (Lipinski definition) is 0. The van der Waals surface area contributed by atoms with Crippen LogP contribution < -0.4 is 0 Å². The molecule has 16 heavy (non-hydrogen) atoms. The van der Waals surface area contributed by atoms with Crippen LogP contribution in [-0.4, -0.2) is 35.8 Å². The van der Waals surface area contributed by atoms with Crippen LogP contribution in [0.15, 0.2) is 10.7 Å². The zero-order valence-electron chi connectivity index (χ0n) is 9.90. The van der Waals surface area contributed by atoms with E-state index < -0.39 is 0 Å². The molecule has 0 bridgehead atoms. The van der Waals surface area contributed by atoms with Gasteiger partial charge >= 0.3 is 0 Å². The third-order valence-electron chi connectivity index (χ3n) is 2.97. The fourth-order valence-corrected chi connectivity index (χ4v) is 2.21. The van der Waals surface area contributed by atoms with Gasteiger partial charge in [0.15, 0.2) is 5.89 Å². The summed E-state index contributed by atoms with van der Waals surface area (Å²) in [7, 11) is 2.12. The Balaban J connectivity index is 2.03. The predicted molar refractivity (Wildman–Crippen MR) is 60.4 cm³/mol. The molecule has 1 saturated heterocycles. The topological polar surface area (TPSA) is 46.3 Å². The second-order valence-electron chi connectivity index (χ2n) is 4.66. The van der Waals surface area contributed by atoms with E-state index in [-0.39, 0.29) is 5.78 Å². The molecule has 1 aliphatic heterocycles. The highest BCUT2D eigenvalue weighted by Crippen LogP contribution is 2.25. The maximum Gasteiger partial charge on any atom is 0.198 e. The standard InChI is InChI=1S/C12H18N2O2/c1-9(15)6-11-8-16-12(13-11)10-4-3-5-14(2)7-10/h8,10H,3-7H2,1-2H3. The van der Waals surface area contributed by atoms with Crippen LogP contribution in [0.25, 0.3) is 0 Å². The highest BCUT2D eigenvalue weighted by Gasteiger charge is 2.23. The van der Waals surface area contributed by atoms with Gasteiger partial charge in [-0.2, -0.15) is 0 Å². The number of aromatic nitrogens is 1. The number of likely N-dealkylation sites (tertiary alicyclic amines) is 1. The quantitative estimate of drug-likeness (QED) is 0.779. The van der Waals surface area contributed by atoms with Crippen molar-refractivity contribution in [3.8, 4) is 0 Å². The van der Waals surface area contributed by atoms with Crippen molar-refractivity contribution in [3.63, 3.8) is 0 Å². The van der Waals surface area contributed by atoms with Crippen LogP contribution in [0.4, 0.5) is 0 Å². The van der Waals surface area contributed by atoms with Crippen LogP contribution >= 0.6 is 0 Å². The molecule has 88 valence electrons. The minimum absolute atomic E-state index is 0.126. The number of carbonyl (C=O) groups excluding carboxylic acids is 1. The molecule has 1 aromatic rings. The molecular formula is C12H18N2O2. The van der Waals surface area contributed by atoms with Gasteiger partial charge in [0.25, 0.3) is 0 Å². The maximum absolute atomic E-state index is 11.0. The van der Waals surface area contributed by atoms with Crippen molar-refractivity contribution in [2.75, 3.05) is 20.1 Å². The number of carbonyl (C=O) groups is 1. The van der Waals surface area contributed by atoms with Gasteiger partial charge in [0.2, 0.25) is 0 Å². The van der Waals surface area contributed by atoms with Gasteiger partial charge < -0.3 is 9.32 Å². The SMILES string of the molecule is CC(=O)Cc1coc(C2CCCN(C)C2)n1. The van der Waals surface area contributed by atoms with Crippen molar-refractivity contribution in [3.05, 3.63) is 17.8 Å². The summed E-state index contributed by atoms with van der Waals surface area (Å²) in [5, 5.41) is 0. The Morgan fingerprint density at radius 1 is 1.69 bits per heavy atom. The molecule has 0 amide bonds. The summed E-state index contributed by atoms with van der Waals surface area (Å²) in [6.45, 7) is 3.72. The summed E-state index contributed by atoms with van der Waals surface area (Å²) in [6, 6.07) is 0. The second kappa shape index (κ2) is 4.78. The average molecular weight is 222 g/mol. The van der Waals surface area contributed by atoms with Gasteiger partial charge in [-0.25, -0.2) is 4.98 Å². The molecule has 4 heteroatoms. The number of ketones is 1. The van der Waals surface area contributed by atoms with E-state index in [2.05, 4.69) is 16.9 Å². The summed E-state index contributed by atoms with van der Waals surface area (Å²) in [4.78, 5) is 17.6. The number of nitrogens with zero attached hydrogens (tertiary/aromatic N) is 2. The number of hydrogen-bond acceptors (Lipinski definition) is 4. The summed E-state index contributed by atoms with van der Waals surface area (Å²) in [6.07, 6.45) is 4.31. The number of oxazole rings is 1. The van der Waals surface area contributed by atoms with Crippen LogP contribution in [0.2, 0.25) is 0 Å². The number of Topliss-reactive ketones (excluding diaryl/α,β-unsaturated/α-hetero) is 1. The lowest BCUT2D eigenvalue weighted by atomic mass is 9.98. The van der Waals surface area contributed by atoms with Gasteiger partial charge in [-0.1, -0.05) is 0 Å². The van der Waals surface area contributed by atoms with Crippen molar-refractivity contribution in [1.82, 2.24) is 9.88 Å². The number of likely N-dealkylation sites (N-methyl/N-ethyl adjacent to an activating group) is 1. The smallest absolute Gasteiger partial charge is 0.198 e. The fourth-order valence-electron chi connectivity index (χ4n) is 2.21. The molecule has 0 saturated carbocycles. The van der Waals surface area contributed by atoms with Gasteiger partial charge in [-0.3, -0.25) is 4.79 Å². The maximum atomic E-state index is 11.0. The van der Waals surface area contributed by atoms with Gasteiger partial charge in [0.1, 0.15) is 12.0 Å². The second-order valence-corrected chi connectivity index (χ2v) is 4.66. The van der Waals surface area contributed by atoms with E-state index in [9.17, 15) is 4.79 Å². The van der Waals surface area contributed by atoms with E-state index in [0.29, 0.717) is 12.3 Å². The van der Waals surface area contributed by atoms with E-state index in [0.717, 1.165) is 31.1 Å². The third-order valence-corrected chi connectivity index (χ3v) is 2.97. The molecule has 1 aromatic heterocycles. The molecule has 1 unspecified atom stereocenters. The van der Waals surface area contributed by atoms with Crippen molar-refractivity contribution in [2.45, 2.75) is 32.1 Å². The highest BCUT2D eigenvalue weighted by molar-refractivity contribution is 5.77. The molecule has 0 aromatic carbocycles. The van der Waals surface area contributed by atoms with Crippen LogP contribution in [0.5, 0.6) is 0 Å². The van der Waals surface area contributed by atoms with Gasteiger partial charge in [-0.15, -0.1) is 0 Å². The first-order valence-corrected chi connectivity index (χ1v) is 5.77. The Morgan fingerprint density at radius 3 is 3.19 bits per heavy atom. The minimum Gasteiger partial charge on any atom is -0.448 e. The van der Waals surface area contributed by atoms with Crippen molar-refractivity contribution >= 4 is 5.78 Å². The molecule has 0 N–H and O–H groups in total. The van der Waals surface area contributed by atoms with Gasteiger partial charge in [-0.05, 0) is 33.4 Å². The lowest BCUT2D eigenvalue weighted by Gasteiger charge is -2.27. The summed E-state index contributed by atoms with van der Waals surface area (Å²) < 4.78 is 5.46. The zero-order valence-corrected chi connectivity index (χ0v) is 9.90. The minimum atomic E-state index is 0.126. The Kier molecular flexibility index (Phi) is 3.39. The van der Waals surface area contributed by atoms with Crippen molar-refractivity contribution < 1.29 is 9.21 Å². The molecule has 1 atom stereocenters. The Labute approximate surface area is 95.6 Å². The molecule has 0 aliphatic carbocycles. The molecule has 2 rings (SSSR count). The average Bonchev–Trinajstić information content (AvgIpc) is 2.65. The van der Waals surface area contributed by atoms with Crippen LogP contribution in [-0.2, 0) is 11.2 Å². The van der Waals surface area contributed by atoms with E-state index in [1.54, 1.807) is 13.2 Å². The van der Waals surface area contributed by atoms with E-state index >= 15 is 0 Å². The summed E-state index contributed by atoms with van der Waals surface area (Å²) >= 11 is 0. The molecule has 1 aliphatic rings. The predicted octanol–water partition coefficient (Wildman–Crippen LogP) is 1.62. The molecule has 1 fully saturated rings. The molecule has 4 nitrogen and oxygen atoms in total. The number of rotatable bonds is 3. The van der Waals surface area contributed by atoms with Gasteiger partial charge in [0, 0.05) is 12.5 Å². The van der Waals surface area contributed by atoms with Crippen LogP contribution in [0.1, 0.15) is 37.3 Å².